The molecule has 1 atom stereocenters. The van der Waals surface area contributed by atoms with Crippen molar-refractivity contribution in [2.24, 2.45) is 0 Å². The SMILES string of the molecule is CCCCCCCCC1=CC(C)(c2ccc(F)cc2)CC1=O. The van der Waals surface area contributed by atoms with Crippen LogP contribution < -0.4 is 0 Å². The molecule has 0 spiro atoms. The minimum absolute atomic E-state index is 0.229. The Labute approximate surface area is 133 Å². The Balaban J connectivity index is 1.92. The molecule has 1 aromatic carbocycles. The summed E-state index contributed by atoms with van der Waals surface area (Å²) in [5.41, 5.74) is 1.74. The van der Waals surface area contributed by atoms with E-state index in [4.69, 9.17) is 0 Å². The summed E-state index contributed by atoms with van der Waals surface area (Å²) < 4.78 is 13.1. The molecule has 0 saturated carbocycles. The highest BCUT2D eigenvalue weighted by molar-refractivity contribution is 5.99. The van der Waals surface area contributed by atoms with Crippen molar-refractivity contribution >= 4 is 5.78 Å². The van der Waals surface area contributed by atoms with Gasteiger partial charge in [0.1, 0.15) is 5.82 Å². The first-order valence-corrected chi connectivity index (χ1v) is 8.56. The van der Waals surface area contributed by atoms with Crippen LogP contribution in [0.1, 0.15) is 70.8 Å². The number of unbranched alkanes of at least 4 members (excludes halogenated alkanes) is 5. The molecule has 22 heavy (non-hydrogen) atoms. The molecular formula is C20H27FO. The Morgan fingerprint density at radius 2 is 1.68 bits per heavy atom. The number of ketones is 1. The van der Waals surface area contributed by atoms with Crippen molar-refractivity contribution in [3.63, 3.8) is 0 Å². The number of halogens is 1. The van der Waals surface area contributed by atoms with E-state index in [1.807, 2.05) is 0 Å². The lowest BCUT2D eigenvalue weighted by molar-refractivity contribution is -0.115. The molecule has 0 N–H and O–H groups in total. The highest BCUT2D eigenvalue weighted by Crippen LogP contribution is 2.38. The fraction of sp³-hybridized carbons (Fsp3) is 0.550. The maximum atomic E-state index is 13.1. The third-order valence-corrected chi connectivity index (χ3v) is 4.68. The molecule has 0 heterocycles. The highest BCUT2D eigenvalue weighted by atomic mass is 19.1. The maximum Gasteiger partial charge on any atom is 0.159 e. The lowest BCUT2D eigenvalue weighted by atomic mass is 9.82. The van der Waals surface area contributed by atoms with E-state index >= 15 is 0 Å². The van der Waals surface area contributed by atoms with E-state index < -0.39 is 0 Å². The summed E-state index contributed by atoms with van der Waals surface area (Å²) in [6.07, 6.45) is 11.0. The normalized spacial score (nSPS) is 21.2. The first-order chi connectivity index (χ1) is 10.5. The standard InChI is InChI=1S/C20H27FO/c1-3-4-5-6-7-8-9-16-14-20(2,15-19(16)22)17-10-12-18(21)13-11-17/h10-14H,3-9,15H2,1-2H3. The minimum Gasteiger partial charge on any atom is -0.295 e. The monoisotopic (exact) mass is 302 g/mol. The third-order valence-electron chi connectivity index (χ3n) is 4.68. The second-order valence-electron chi connectivity index (χ2n) is 6.71. The van der Waals surface area contributed by atoms with Gasteiger partial charge in [-0.05, 0) is 36.1 Å². The molecule has 0 saturated heterocycles. The number of benzene rings is 1. The molecule has 0 radical (unpaired) electrons. The highest BCUT2D eigenvalue weighted by Gasteiger charge is 2.35. The van der Waals surface area contributed by atoms with Crippen LogP contribution in [0.5, 0.6) is 0 Å². The van der Waals surface area contributed by atoms with Crippen molar-refractivity contribution in [2.45, 2.75) is 70.6 Å². The van der Waals surface area contributed by atoms with Gasteiger partial charge < -0.3 is 0 Å². The zero-order chi connectivity index (χ0) is 16.0. The molecule has 1 unspecified atom stereocenters. The summed E-state index contributed by atoms with van der Waals surface area (Å²) in [7, 11) is 0. The van der Waals surface area contributed by atoms with Gasteiger partial charge in [0.15, 0.2) is 5.78 Å². The largest absolute Gasteiger partial charge is 0.295 e. The number of Topliss-reactive ketones (excluding diaryl/α,β-unsaturated/α-hetero) is 1. The molecule has 0 fully saturated rings. The number of hydrogen-bond acceptors (Lipinski definition) is 1. The van der Waals surface area contributed by atoms with Gasteiger partial charge >= 0.3 is 0 Å². The van der Waals surface area contributed by atoms with Crippen molar-refractivity contribution in [2.75, 3.05) is 0 Å². The average molecular weight is 302 g/mol. The quantitative estimate of drug-likeness (QED) is 0.560. The number of allylic oxidation sites excluding steroid dienone is 2. The Hall–Kier alpha value is -1.44. The van der Waals surface area contributed by atoms with Crippen molar-refractivity contribution in [3.05, 3.63) is 47.3 Å². The molecule has 0 amide bonds. The lowest BCUT2D eigenvalue weighted by Gasteiger charge is -2.21. The molecule has 1 aliphatic rings. The van der Waals surface area contributed by atoms with E-state index in [1.165, 1.54) is 44.2 Å². The molecule has 1 aliphatic carbocycles. The van der Waals surface area contributed by atoms with Crippen LogP contribution in [-0.4, -0.2) is 5.78 Å². The van der Waals surface area contributed by atoms with Crippen LogP contribution in [0.4, 0.5) is 4.39 Å². The number of carbonyl (C=O) groups excluding carboxylic acids is 1. The van der Waals surface area contributed by atoms with Crippen LogP contribution >= 0.6 is 0 Å². The van der Waals surface area contributed by atoms with E-state index in [0.29, 0.717) is 6.42 Å². The van der Waals surface area contributed by atoms with Crippen LogP contribution in [0.25, 0.3) is 0 Å². The molecule has 0 bridgehead atoms. The van der Waals surface area contributed by atoms with Crippen molar-refractivity contribution in [1.29, 1.82) is 0 Å². The van der Waals surface area contributed by atoms with E-state index in [2.05, 4.69) is 19.9 Å². The first-order valence-electron chi connectivity index (χ1n) is 8.56. The second kappa shape index (κ2) is 7.71. The van der Waals surface area contributed by atoms with E-state index in [-0.39, 0.29) is 17.0 Å². The van der Waals surface area contributed by atoms with Crippen LogP contribution in [0.15, 0.2) is 35.9 Å². The molecular weight excluding hydrogens is 275 g/mol. The van der Waals surface area contributed by atoms with Crippen molar-refractivity contribution in [1.82, 2.24) is 0 Å². The Morgan fingerprint density at radius 1 is 1.05 bits per heavy atom. The van der Waals surface area contributed by atoms with Crippen molar-refractivity contribution in [3.8, 4) is 0 Å². The summed E-state index contributed by atoms with van der Waals surface area (Å²) in [4.78, 5) is 12.3. The van der Waals surface area contributed by atoms with Gasteiger partial charge in [0, 0.05) is 11.8 Å². The smallest absolute Gasteiger partial charge is 0.159 e. The Bertz CT molecular complexity index is 529. The van der Waals surface area contributed by atoms with Gasteiger partial charge in [-0.2, -0.15) is 0 Å². The average Bonchev–Trinajstić information content (AvgIpc) is 2.79. The fourth-order valence-corrected chi connectivity index (χ4v) is 3.29. The zero-order valence-corrected chi connectivity index (χ0v) is 13.8. The van der Waals surface area contributed by atoms with Crippen LogP contribution in [0, 0.1) is 5.82 Å². The maximum absolute atomic E-state index is 13.1. The molecule has 1 nitrogen and oxygen atoms in total. The number of hydrogen-bond donors (Lipinski definition) is 0. The van der Waals surface area contributed by atoms with Crippen LogP contribution in [0.3, 0.4) is 0 Å². The molecule has 0 aromatic heterocycles. The second-order valence-corrected chi connectivity index (χ2v) is 6.71. The predicted molar refractivity (Wildman–Crippen MR) is 89.5 cm³/mol. The lowest BCUT2D eigenvalue weighted by Crippen LogP contribution is -2.17. The number of carbonyl (C=O) groups is 1. The summed E-state index contributed by atoms with van der Waals surface area (Å²) in [6, 6.07) is 6.55. The number of rotatable bonds is 8. The molecule has 2 rings (SSSR count). The van der Waals surface area contributed by atoms with E-state index in [9.17, 15) is 9.18 Å². The third kappa shape index (κ3) is 4.28. The summed E-state index contributed by atoms with van der Waals surface area (Å²) in [5.74, 6) is 0.0355. The predicted octanol–water partition coefficient (Wildman–Crippen LogP) is 5.73. The zero-order valence-electron chi connectivity index (χ0n) is 13.8. The van der Waals surface area contributed by atoms with Gasteiger partial charge in [0.2, 0.25) is 0 Å². The van der Waals surface area contributed by atoms with Gasteiger partial charge in [-0.25, -0.2) is 4.39 Å². The van der Waals surface area contributed by atoms with E-state index in [1.54, 1.807) is 12.1 Å². The molecule has 2 heteroatoms. The van der Waals surface area contributed by atoms with Gasteiger partial charge in [0.05, 0.1) is 0 Å². The molecule has 1 aromatic rings. The Morgan fingerprint density at radius 3 is 2.36 bits per heavy atom. The Kier molecular flexibility index (Phi) is 5.93. The van der Waals surface area contributed by atoms with Gasteiger partial charge in [0.25, 0.3) is 0 Å². The topological polar surface area (TPSA) is 17.1 Å². The van der Waals surface area contributed by atoms with Crippen LogP contribution in [-0.2, 0) is 10.2 Å². The minimum atomic E-state index is -0.262. The van der Waals surface area contributed by atoms with Crippen molar-refractivity contribution < 1.29 is 9.18 Å². The first kappa shape index (κ1) is 16.9. The van der Waals surface area contributed by atoms with Gasteiger partial charge in [-0.3, -0.25) is 4.79 Å². The molecule has 120 valence electrons. The van der Waals surface area contributed by atoms with Gasteiger partial charge in [-0.1, -0.05) is 64.2 Å². The summed E-state index contributed by atoms with van der Waals surface area (Å²) in [6.45, 7) is 4.30. The van der Waals surface area contributed by atoms with E-state index in [0.717, 1.165) is 24.0 Å². The summed E-state index contributed by atoms with van der Waals surface area (Å²) in [5, 5.41) is 0. The van der Waals surface area contributed by atoms with Gasteiger partial charge in [-0.15, -0.1) is 0 Å². The van der Waals surface area contributed by atoms with Crippen LogP contribution in [0.2, 0.25) is 0 Å². The molecule has 0 aliphatic heterocycles. The fourth-order valence-electron chi connectivity index (χ4n) is 3.29. The summed E-state index contributed by atoms with van der Waals surface area (Å²) >= 11 is 0.